The molecule has 1 rings (SSSR count). The van der Waals surface area contributed by atoms with Gasteiger partial charge in [0.15, 0.2) is 0 Å². The van der Waals surface area contributed by atoms with E-state index in [9.17, 15) is 0 Å². The molecule has 0 aliphatic rings. The first-order chi connectivity index (χ1) is 7.60. The molecule has 0 saturated heterocycles. The van der Waals surface area contributed by atoms with Crippen molar-refractivity contribution >= 4 is 0 Å². The maximum atomic E-state index is 5.62. The molecule has 0 aliphatic heterocycles. The quantitative estimate of drug-likeness (QED) is 0.559. The van der Waals surface area contributed by atoms with E-state index in [1.165, 1.54) is 0 Å². The lowest BCUT2D eigenvalue weighted by Gasteiger charge is -2.23. The number of nitrogens with two attached hydrogens (primary N) is 1. The Kier molecular flexibility index (Phi) is 4.92. The van der Waals surface area contributed by atoms with Crippen molar-refractivity contribution in [2.45, 2.75) is 26.3 Å². The summed E-state index contributed by atoms with van der Waals surface area (Å²) in [6.07, 6.45) is 0.968. The predicted molar refractivity (Wildman–Crippen MR) is 63.7 cm³/mol. The number of nitrogens with one attached hydrogen (secondary N) is 1. The van der Waals surface area contributed by atoms with Crippen molar-refractivity contribution in [1.29, 1.82) is 0 Å². The van der Waals surface area contributed by atoms with Crippen molar-refractivity contribution in [3.8, 4) is 0 Å². The molecule has 0 fully saturated rings. The fourth-order valence-corrected chi connectivity index (χ4v) is 1.93. The lowest BCUT2D eigenvalue weighted by Crippen LogP contribution is -2.34. The first-order valence-electron chi connectivity index (χ1n) is 5.55. The molecule has 2 unspecified atom stereocenters. The number of aryl methyl sites for hydroxylation is 2. The van der Waals surface area contributed by atoms with Crippen molar-refractivity contribution in [2.24, 2.45) is 18.8 Å². The summed E-state index contributed by atoms with van der Waals surface area (Å²) in [5.41, 5.74) is 4.99. The molecule has 1 aromatic rings. The third kappa shape index (κ3) is 3.04. The Balaban J connectivity index is 2.77. The molecule has 5 heteroatoms. The molecule has 16 heavy (non-hydrogen) atoms. The van der Waals surface area contributed by atoms with Crippen LogP contribution in [0.15, 0.2) is 6.07 Å². The van der Waals surface area contributed by atoms with Crippen LogP contribution in [0.25, 0.3) is 0 Å². The lowest BCUT2D eigenvalue weighted by molar-refractivity contribution is 0.169. The van der Waals surface area contributed by atoms with Gasteiger partial charge >= 0.3 is 0 Å². The summed E-state index contributed by atoms with van der Waals surface area (Å²) in [7, 11) is 3.65. The summed E-state index contributed by atoms with van der Waals surface area (Å²) in [6, 6.07) is 2.18. The first-order valence-corrected chi connectivity index (χ1v) is 5.55. The third-order valence-corrected chi connectivity index (χ3v) is 2.88. The maximum Gasteiger partial charge on any atom is 0.0655 e. The Morgan fingerprint density at radius 2 is 2.31 bits per heavy atom. The van der Waals surface area contributed by atoms with Gasteiger partial charge in [0.25, 0.3) is 0 Å². The van der Waals surface area contributed by atoms with E-state index in [4.69, 9.17) is 10.6 Å². The van der Waals surface area contributed by atoms with Gasteiger partial charge in [0.1, 0.15) is 0 Å². The number of hydrogen-bond donors (Lipinski definition) is 2. The zero-order valence-electron chi connectivity index (χ0n) is 10.5. The normalized spacial score (nSPS) is 15.1. The number of hydrazine groups is 1. The van der Waals surface area contributed by atoms with E-state index in [1.54, 1.807) is 7.11 Å². The zero-order valence-corrected chi connectivity index (χ0v) is 10.5. The Morgan fingerprint density at radius 1 is 1.62 bits per heavy atom. The second-order valence-electron chi connectivity index (χ2n) is 4.24. The minimum atomic E-state index is 0.112. The van der Waals surface area contributed by atoms with Crippen LogP contribution in [0.5, 0.6) is 0 Å². The van der Waals surface area contributed by atoms with Gasteiger partial charge in [0, 0.05) is 20.8 Å². The molecule has 0 amide bonds. The molecular formula is C11H22N4O. The van der Waals surface area contributed by atoms with Crippen molar-refractivity contribution in [2.75, 3.05) is 13.7 Å². The standard InChI is InChI=1S/C11H22N4O/c1-8(5-6-16-4)11(13-12)10-7-9(2)14-15(10)3/h7-8,11,13H,5-6,12H2,1-4H3. The zero-order chi connectivity index (χ0) is 12.1. The van der Waals surface area contributed by atoms with Gasteiger partial charge in [-0.15, -0.1) is 0 Å². The summed E-state index contributed by atoms with van der Waals surface area (Å²) >= 11 is 0. The minimum Gasteiger partial charge on any atom is -0.385 e. The second-order valence-corrected chi connectivity index (χ2v) is 4.24. The molecule has 0 bridgehead atoms. The highest BCUT2D eigenvalue weighted by Gasteiger charge is 2.21. The highest BCUT2D eigenvalue weighted by atomic mass is 16.5. The third-order valence-electron chi connectivity index (χ3n) is 2.88. The molecule has 0 radical (unpaired) electrons. The minimum absolute atomic E-state index is 0.112. The van der Waals surface area contributed by atoms with Crippen molar-refractivity contribution in [3.63, 3.8) is 0 Å². The Morgan fingerprint density at radius 3 is 2.75 bits per heavy atom. The van der Waals surface area contributed by atoms with E-state index < -0.39 is 0 Å². The molecule has 92 valence electrons. The molecule has 1 aromatic heterocycles. The van der Waals surface area contributed by atoms with Crippen LogP contribution in [0.1, 0.15) is 30.8 Å². The summed E-state index contributed by atoms with van der Waals surface area (Å²) in [6.45, 7) is 4.89. The van der Waals surface area contributed by atoms with Gasteiger partial charge < -0.3 is 4.74 Å². The van der Waals surface area contributed by atoms with Gasteiger partial charge in [-0.1, -0.05) is 6.92 Å². The van der Waals surface area contributed by atoms with Gasteiger partial charge in [-0.3, -0.25) is 16.0 Å². The topological polar surface area (TPSA) is 65.1 Å². The predicted octanol–water partition coefficient (Wildman–Crippen LogP) is 0.906. The van der Waals surface area contributed by atoms with Crippen LogP contribution in [0, 0.1) is 12.8 Å². The van der Waals surface area contributed by atoms with Crippen LogP contribution in [0.3, 0.4) is 0 Å². The molecule has 0 aliphatic carbocycles. The van der Waals surface area contributed by atoms with Gasteiger partial charge in [0.2, 0.25) is 0 Å². The summed E-state index contributed by atoms with van der Waals surface area (Å²) in [5.74, 6) is 6.03. The maximum absolute atomic E-state index is 5.62. The SMILES string of the molecule is COCCC(C)C(NN)c1cc(C)nn1C. The Hall–Kier alpha value is -0.910. The Labute approximate surface area is 96.9 Å². The van der Waals surface area contributed by atoms with E-state index in [0.717, 1.165) is 24.4 Å². The fraction of sp³-hybridized carbons (Fsp3) is 0.727. The summed E-state index contributed by atoms with van der Waals surface area (Å²) in [5, 5.41) is 4.33. The van der Waals surface area contributed by atoms with Gasteiger partial charge in [-0.2, -0.15) is 5.10 Å². The highest BCUT2D eigenvalue weighted by Crippen LogP contribution is 2.23. The molecule has 1 heterocycles. The monoisotopic (exact) mass is 226 g/mol. The van der Waals surface area contributed by atoms with Crippen molar-refractivity contribution < 1.29 is 4.74 Å². The summed E-state index contributed by atoms with van der Waals surface area (Å²) < 4.78 is 6.97. The molecule has 0 aromatic carbocycles. The number of rotatable bonds is 6. The lowest BCUT2D eigenvalue weighted by atomic mass is 9.96. The smallest absolute Gasteiger partial charge is 0.0655 e. The molecular weight excluding hydrogens is 204 g/mol. The average molecular weight is 226 g/mol. The van der Waals surface area contributed by atoms with Gasteiger partial charge in [-0.05, 0) is 25.3 Å². The molecule has 0 saturated carbocycles. The molecule has 0 spiro atoms. The number of methoxy groups -OCH3 is 1. The number of hydrogen-bond acceptors (Lipinski definition) is 4. The highest BCUT2D eigenvalue weighted by molar-refractivity contribution is 5.13. The van der Waals surface area contributed by atoms with E-state index in [0.29, 0.717) is 5.92 Å². The molecule has 3 N–H and O–H groups in total. The van der Waals surface area contributed by atoms with Crippen LogP contribution in [-0.4, -0.2) is 23.5 Å². The molecule has 5 nitrogen and oxygen atoms in total. The van der Waals surface area contributed by atoms with E-state index in [-0.39, 0.29) is 6.04 Å². The largest absolute Gasteiger partial charge is 0.385 e. The fourth-order valence-electron chi connectivity index (χ4n) is 1.93. The van der Waals surface area contributed by atoms with Crippen LogP contribution in [0.2, 0.25) is 0 Å². The van der Waals surface area contributed by atoms with Crippen LogP contribution < -0.4 is 11.3 Å². The van der Waals surface area contributed by atoms with Crippen LogP contribution >= 0.6 is 0 Å². The molecule has 2 atom stereocenters. The average Bonchev–Trinajstić information content (AvgIpc) is 2.56. The summed E-state index contributed by atoms with van der Waals surface area (Å²) in [4.78, 5) is 0. The van der Waals surface area contributed by atoms with Crippen LogP contribution in [-0.2, 0) is 11.8 Å². The number of aromatic nitrogens is 2. The van der Waals surface area contributed by atoms with Gasteiger partial charge in [0.05, 0.1) is 17.4 Å². The number of nitrogens with zero attached hydrogens (tertiary/aromatic N) is 2. The second kappa shape index (κ2) is 5.98. The first kappa shape index (κ1) is 13.2. The van der Waals surface area contributed by atoms with Crippen LogP contribution in [0.4, 0.5) is 0 Å². The van der Waals surface area contributed by atoms with E-state index in [2.05, 4.69) is 23.5 Å². The van der Waals surface area contributed by atoms with Gasteiger partial charge in [-0.25, -0.2) is 0 Å². The van der Waals surface area contributed by atoms with E-state index in [1.807, 2.05) is 18.7 Å². The Bertz CT molecular complexity index is 324. The van der Waals surface area contributed by atoms with E-state index >= 15 is 0 Å². The van der Waals surface area contributed by atoms with Crippen molar-refractivity contribution in [1.82, 2.24) is 15.2 Å². The number of ether oxygens (including phenoxy) is 1. The van der Waals surface area contributed by atoms with Crippen molar-refractivity contribution in [3.05, 3.63) is 17.5 Å².